The van der Waals surface area contributed by atoms with Gasteiger partial charge in [-0.3, -0.25) is 4.98 Å². The van der Waals surface area contributed by atoms with Crippen molar-refractivity contribution in [2.24, 2.45) is 0 Å². The van der Waals surface area contributed by atoms with Crippen molar-refractivity contribution in [1.29, 1.82) is 0 Å². The first-order valence-corrected chi connectivity index (χ1v) is 6.28. The molecule has 3 heteroatoms. The highest BCUT2D eigenvalue weighted by atomic mass is 15.1. The van der Waals surface area contributed by atoms with Crippen molar-refractivity contribution in [1.82, 2.24) is 15.2 Å². The molecule has 1 fully saturated rings. The highest BCUT2D eigenvalue weighted by molar-refractivity contribution is 5.03. The monoisotopic (exact) mass is 219 g/mol. The van der Waals surface area contributed by atoms with Gasteiger partial charge in [0, 0.05) is 24.9 Å². The van der Waals surface area contributed by atoms with Gasteiger partial charge in [0.05, 0.1) is 0 Å². The molecule has 0 spiro atoms. The molecule has 0 radical (unpaired) electrons. The van der Waals surface area contributed by atoms with E-state index in [-0.39, 0.29) is 0 Å². The van der Waals surface area contributed by atoms with Crippen LogP contribution in [0.2, 0.25) is 0 Å². The van der Waals surface area contributed by atoms with E-state index in [0.717, 1.165) is 13.0 Å². The van der Waals surface area contributed by atoms with Gasteiger partial charge in [-0.1, -0.05) is 6.07 Å². The maximum absolute atomic E-state index is 4.37. The van der Waals surface area contributed by atoms with Crippen LogP contribution in [0.3, 0.4) is 0 Å². The summed E-state index contributed by atoms with van der Waals surface area (Å²) in [6, 6.07) is 6.16. The topological polar surface area (TPSA) is 28.2 Å². The van der Waals surface area contributed by atoms with Gasteiger partial charge in [-0.25, -0.2) is 0 Å². The Morgan fingerprint density at radius 2 is 2.00 bits per heavy atom. The average Bonchev–Trinajstić information content (AvgIpc) is 2.29. The zero-order valence-corrected chi connectivity index (χ0v) is 9.86. The normalized spacial score (nSPS) is 19.0. The van der Waals surface area contributed by atoms with Gasteiger partial charge in [-0.2, -0.15) is 0 Å². The molecular formula is C13H21N3. The second-order valence-electron chi connectivity index (χ2n) is 4.37. The summed E-state index contributed by atoms with van der Waals surface area (Å²) in [5.41, 5.74) is 1.21. The molecule has 0 saturated carbocycles. The Kier molecular flexibility index (Phi) is 4.77. The first-order chi connectivity index (χ1) is 7.95. The fraction of sp³-hybridized carbons (Fsp3) is 0.615. The lowest BCUT2D eigenvalue weighted by Crippen LogP contribution is -2.35. The summed E-state index contributed by atoms with van der Waals surface area (Å²) in [6.07, 6.45) is 5.49. The van der Waals surface area contributed by atoms with E-state index in [2.05, 4.69) is 27.3 Å². The SMILES string of the molecule is c1ccc(CCN2CCCNCCC2)nc1. The molecule has 1 aliphatic heterocycles. The van der Waals surface area contributed by atoms with Crippen LogP contribution in [0.1, 0.15) is 18.5 Å². The van der Waals surface area contributed by atoms with Crippen LogP contribution in [0.4, 0.5) is 0 Å². The maximum Gasteiger partial charge on any atom is 0.0416 e. The van der Waals surface area contributed by atoms with Crippen molar-refractivity contribution in [2.45, 2.75) is 19.3 Å². The first kappa shape index (κ1) is 11.6. The zero-order chi connectivity index (χ0) is 11.1. The van der Waals surface area contributed by atoms with Gasteiger partial charge in [-0.15, -0.1) is 0 Å². The maximum atomic E-state index is 4.37. The number of rotatable bonds is 3. The van der Waals surface area contributed by atoms with Gasteiger partial charge >= 0.3 is 0 Å². The molecule has 3 nitrogen and oxygen atoms in total. The number of aromatic nitrogens is 1. The Hall–Kier alpha value is -0.930. The lowest BCUT2D eigenvalue weighted by Gasteiger charge is -2.24. The van der Waals surface area contributed by atoms with Crippen molar-refractivity contribution in [3.63, 3.8) is 0 Å². The largest absolute Gasteiger partial charge is 0.317 e. The third kappa shape index (κ3) is 3.91. The fourth-order valence-corrected chi connectivity index (χ4v) is 2.13. The fourth-order valence-electron chi connectivity index (χ4n) is 2.13. The molecule has 0 bridgehead atoms. The predicted molar refractivity (Wildman–Crippen MR) is 66.5 cm³/mol. The number of hydrogen-bond acceptors (Lipinski definition) is 3. The second-order valence-corrected chi connectivity index (χ2v) is 4.37. The van der Waals surface area contributed by atoms with E-state index < -0.39 is 0 Å². The molecule has 0 aromatic carbocycles. The van der Waals surface area contributed by atoms with Gasteiger partial charge in [0.15, 0.2) is 0 Å². The highest BCUT2D eigenvalue weighted by Crippen LogP contribution is 2.01. The number of hydrogen-bond donors (Lipinski definition) is 1. The molecule has 1 aliphatic rings. The minimum absolute atomic E-state index is 1.08. The predicted octanol–water partition coefficient (Wildman–Crippen LogP) is 1.31. The molecule has 0 atom stereocenters. The van der Waals surface area contributed by atoms with Crippen LogP contribution in [0.15, 0.2) is 24.4 Å². The van der Waals surface area contributed by atoms with Crippen LogP contribution < -0.4 is 5.32 Å². The molecule has 1 N–H and O–H groups in total. The molecule has 1 aromatic heterocycles. The van der Waals surface area contributed by atoms with Crippen molar-refractivity contribution in [3.05, 3.63) is 30.1 Å². The quantitative estimate of drug-likeness (QED) is 0.831. The van der Waals surface area contributed by atoms with E-state index in [1.54, 1.807) is 0 Å². The average molecular weight is 219 g/mol. The molecule has 1 aromatic rings. The number of pyridine rings is 1. The minimum atomic E-state index is 1.08. The molecule has 1 saturated heterocycles. The van der Waals surface area contributed by atoms with E-state index in [1.807, 2.05) is 12.3 Å². The molecule has 0 amide bonds. The molecule has 0 aliphatic carbocycles. The van der Waals surface area contributed by atoms with Gasteiger partial charge in [0.2, 0.25) is 0 Å². The van der Waals surface area contributed by atoms with E-state index in [0.29, 0.717) is 0 Å². The Morgan fingerprint density at radius 1 is 1.19 bits per heavy atom. The van der Waals surface area contributed by atoms with Crippen molar-refractivity contribution in [2.75, 3.05) is 32.7 Å². The van der Waals surface area contributed by atoms with Crippen LogP contribution in [0.5, 0.6) is 0 Å². The molecule has 2 heterocycles. The van der Waals surface area contributed by atoms with E-state index >= 15 is 0 Å². The third-order valence-electron chi connectivity index (χ3n) is 3.07. The minimum Gasteiger partial charge on any atom is -0.317 e. The molecule has 0 unspecified atom stereocenters. The summed E-state index contributed by atoms with van der Waals surface area (Å²) in [4.78, 5) is 6.93. The smallest absolute Gasteiger partial charge is 0.0416 e. The molecule has 16 heavy (non-hydrogen) atoms. The van der Waals surface area contributed by atoms with Gasteiger partial charge < -0.3 is 10.2 Å². The first-order valence-electron chi connectivity index (χ1n) is 6.28. The number of nitrogens with one attached hydrogen (secondary N) is 1. The lowest BCUT2D eigenvalue weighted by atomic mass is 10.2. The van der Waals surface area contributed by atoms with E-state index in [9.17, 15) is 0 Å². The van der Waals surface area contributed by atoms with Crippen LogP contribution in [-0.2, 0) is 6.42 Å². The lowest BCUT2D eigenvalue weighted by molar-refractivity contribution is 0.255. The second kappa shape index (κ2) is 6.61. The summed E-state index contributed by atoms with van der Waals surface area (Å²) >= 11 is 0. The van der Waals surface area contributed by atoms with Crippen molar-refractivity contribution < 1.29 is 0 Å². The van der Waals surface area contributed by atoms with Crippen molar-refractivity contribution >= 4 is 0 Å². The Morgan fingerprint density at radius 3 is 2.69 bits per heavy atom. The standard InChI is InChI=1S/C13H21N3/c1-2-9-15-13(5-1)6-12-16-10-3-7-14-8-4-11-16/h1-2,5,9,14H,3-4,6-8,10-12H2. The van der Waals surface area contributed by atoms with E-state index in [4.69, 9.17) is 0 Å². The summed E-state index contributed by atoms with van der Waals surface area (Å²) in [6.45, 7) is 5.93. The van der Waals surface area contributed by atoms with Gasteiger partial charge in [0.25, 0.3) is 0 Å². The number of nitrogens with zero attached hydrogens (tertiary/aromatic N) is 2. The van der Waals surface area contributed by atoms with Gasteiger partial charge in [0.1, 0.15) is 0 Å². The van der Waals surface area contributed by atoms with Crippen molar-refractivity contribution in [3.8, 4) is 0 Å². The summed E-state index contributed by atoms with van der Waals surface area (Å²) in [5, 5.41) is 3.44. The van der Waals surface area contributed by atoms with Crippen LogP contribution in [0.25, 0.3) is 0 Å². The Labute approximate surface area is 97.9 Å². The zero-order valence-electron chi connectivity index (χ0n) is 9.86. The Bertz CT molecular complexity index is 278. The van der Waals surface area contributed by atoms with Crippen LogP contribution in [0, 0.1) is 0 Å². The Balaban J connectivity index is 1.75. The highest BCUT2D eigenvalue weighted by Gasteiger charge is 2.07. The van der Waals surface area contributed by atoms with E-state index in [1.165, 1.54) is 44.7 Å². The molecule has 88 valence electrons. The third-order valence-corrected chi connectivity index (χ3v) is 3.07. The summed E-state index contributed by atoms with van der Waals surface area (Å²) in [5.74, 6) is 0. The molecular weight excluding hydrogens is 198 g/mol. The van der Waals surface area contributed by atoms with Gasteiger partial charge in [-0.05, 0) is 51.2 Å². The van der Waals surface area contributed by atoms with Crippen LogP contribution in [-0.4, -0.2) is 42.6 Å². The summed E-state index contributed by atoms with van der Waals surface area (Å²) in [7, 11) is 0. The summed E-state index contributed by atoms with van der Waals surface area (Å²) < 4.78 is 0. The molecule has 2 rings (SSSR count). The van der Waals surface area contributed by atoms with Crippen LogP contribution >= 0.6 is 0 Å².